The van der Waals surface area contributed by atoms with Crippen molar-refractivity contribution in [3.05, 3.63) is 83.7 Å². The van der Waals surface area contributed by atoms with Crippen molar-refractivity contribution in [3.8, 4) is 0 Å². The lowest BCUT2D eigenvalue weighted by Crippen LogP contribution is -2.30. The molecule has 0 aliphatic rings. The Morgan fingerprint density at radius 3 is 2.43 bits per heavy atom. The van der Waals surface area contributed by atoms with E-state index >= 15 is 0 Å². The van der Waals surface area contributed by atoms with Crippen LogP contribution in [0.5, 0.6) is 0 Å². The number of nitrogens with zero attached hydrogens (tertiary/aromatic N) is 3. The van der Waals surface area contributed by atoms with E-state index in [0.29, 0.717) is 25.1 Å². The van der Waals surface area contributed by atoms with E-state index in [-0.39, 0.29) is 12.4 Å². The molecule has 0 unspecified atom stereocenters. The Morgan fingerprint density at radius 1 is 1.04 bits per heavy atom. The third kappa shape index (κ3) is 5.73. The van der Waals surface area contributed by atoms with Crippen molar-refractivity contribution in [3.63, 3.8) is 0 Å². The summed E-state index contributed by atoms with van der Waals surface area (Å²) in [6.45, 7) is 0.563. The Balaban J connectivity index is 1.39. The highest BCUT2D eigenvalue weighted by Gasteiger charge is 2.10. The van der Waals surface area contributed by atoms with Crippen molar-refractivity contribution >= 4 is 11.9 Å². The van der Waals surface area contributed by atoms with E-state index in [1.165, 1.54) is 18.5 Å². The van der Waals surface area contributed by atoms with Gasteiger partial charge in [0.1, 0.15) is 18.5 Å². The van der Waals surface area contributed by atoms with Crippen LogP contribution >= 0.6 is 0 Å². The number of nitrogens with one attached hydrogen (secondary N) is 1. The third-order valence-corrected chi connectivity index (χ3v) is 3.98. The molecule has 0 aliphatic heterocycles. The molecule has 3 rings (SSSR count). The molecule has 0 bridgehead atoms. The van der Waals surface area contributed by atoms with Gasteiger partial charge in [-0.3, -0.25) is 4.79 Å². The minimum absolute atomic E-state index is 0.300. The largest absolute Gasteiger partial charge is 0.452 e. The second-order valence-electron chi connectivity index (χ2n) is 6.09. The van der Waals surface area contributed by atoms with Gasteiger partial charge in [-0.15, -0.1) is 0 Å². The minimum Gasteiger partial charge on any atom is -0.452 e. The molecule has 0 saturated heterocycles. The van der Waals surface area contributed by atoms with E-state index in [1.807, 2.05) is 0 Å². The maximum atomic E-state index is 12.8. The topological polar surface area (TPSA) is 86.1 Å². The molecule has 8 heteroatoms. The van der Waals surface area contributed by atoms with Gasteiger partial charge < -0.3 is 10.1 Å². The Hall–Kier alpha value is -3.55. The number of esters is 1. The third-order valence-electron chi connectivity index (χ3n) is 3.98. The second kappa shape index (κ2) is 9.40. The number of benzene rings is 2. The standard InChI is InChI=1S/C20H19FN4O3/c21-18-7-3-15(4-8-18)9-10-23-19(26)12-28-20(27)17-5-1-16(2-6-17)11-25-14-22-13-24-25/h1-8,13-14H,9-12H2,(H,23,26). The zero-order chi connectivity index (χ0) is 19.8. The average molecular weight is 382 g/mol. The summed E-state index contributed by atoms with van der Waals surface area (Å²) >= 11 is 0. The van der Waals surface area contributed by atoms with Crippen molar-refractivity contribution in [1.29, 1.82) is 0 Å². The highest BCUT2D eigenvalue weighted by Crippen LogP contribution is 2.07. The van der Waals surface area contributed by atoms with E-state index < -0.39 is 11.9 Å². The molecule has 1 amide bonds. The van der Waals surface area contributed by atoms with Gasteiger partial charge in [0, 0.05) is 6.54 Å². The maximum Gasteiger partial charge on any atom is 0.338 e. The van der Waals surface area contributed by atoms with Crippen LogP contribution in [0.2, 0.25) is 0 Å². The number of aromatic nitrogens is 3. The fraction of sp³-hybridized carbons (Fsp3) is 0.200. The summed E-state index contributed by atoms with van der Waals surface area (Å²) in [6.07, 6.45) is 3.63. The van der Waals surface area contributed by atoms with E-state index in [1.54, 1.807) is 47.4 Å². The predicted molar refractivity (Wildman–Crippen MR) is 99.0 cm³/mol. The van der Waals surface area contributed by atoms with Crippen LogP contribution in [-0.2, 0) is 22.5 Å². The van der Waals surface area contributed by atoms with Crippen LogP contribution in [0, 0.1) is 5.82 Å². The van der Waals surface area contributed by atoms with Crippen molar-refractivity contribution in [2.45, 2.75) is 13.0 Å². The molecule has 2 aromatic carbocycles. The maximum absolute atomic E-state index is 12.8. The van der Waals surface area contributed by atoms with Gasteiger partial charge in [0.2, 0.25) is 0 Å². The first-order chi connectivity index (χ1) is 13.6. The number of carbonyl (C=O) groups excluding carboxylic acids is 2. The monoisotopic (exact) mass is 382 g/mol. The first-order valence-electron chi connectivity index (χ1n) is 8.70. The van der Waals surface area contributed by atoms with Gasteiger partial charge in [0.15, 0.2) is 6.61 Å². The van der Waals surface area contributed by atoms with Crippen molar-refractivity contribution in [2.75, 3.05) is 13.2 Å². The first-order valence-corrected chi connectivity index (χ1v) is 8.70. The molecule has 1 N–H and O–H groups in total. The Morgan fingerprint density at radius 2 is 1.75 bits per heavy atom. The van der Waals surface area contributed by atoms with Crippen LogP contribution in [0.25, 0.3) is 0 Å². The molecule has 28 heavy (non-hydrogen) atoms. The zero-order valence-electron chi connectivity index (χ0n) is 15.0. The molecule has 0 fully saturated rings. The van der Waals surface area contributed by atoms with Crippen LogP contribution in [0.3, 0.4) is 0 Å². The lowest BCUT2D eigenvalue weighted by molar-refractivity contribution is -0.124. The van der Waals surface area contributed by atoms with E-state index in [2.05, 4.69) is 15.4 Å². The summed E-state index contributed by atoms with van der Waals surface area (Å²) in [7, 11) is 0. The van der Waals surface area contributed by atoms with Gasteiger partial charge in [0.25, 0.3) is 5.91 Å². The molecule has 0 aliphatic carbocycles. The number of halogens is 1. The minimum atomic E-state index is -0.569. The number of ether oxygens (including phenoxy) is 1. The highest BCUT2D eigenvalue weighted by atomic mass is 19.1. The predicted octanol–water partition coefficient (Wildman–Crippen LogP) is 1.98. The van der Waals surface area contributed by atoms with Crippen LogP contribution in [0.15, 0.2) is 61.2 Å². The van der Waals surface area contributed by atoms with Gasteiger partial charge in [-0.25, -0.2) is 18.9 Å². The van der Waals surface area contributed by atoms with Gasteiger partial charge in [-0.1, -0.05) is 24.3 Å². The lowest BCUT2D eigenvalue weighted by atomic mass is 10.1. The molecule has 0 saturated carbocycles. The Kier molecular flexibility index (Phi) is 6.46. The molecule has 0 spiro atoms. The highest BCUT2D eigenvalue weighted by molar-refractivity contribution is 5.91. The first kappa shape index (κ1) is 19.2. The summed E-state index contributed by atoms with van der Waals surface area (Å²) in [5.74, 6) is -1.26. The van der Waals surface area contributed by atoms with E-state index in [0.717, 1.165) is 11.1 Å². The summed E-state index contributed by atoms with van der Waals surface area (Å²) in [6, 6.07) is 12.9. The molecule has 144 valence electrons. The molecule has 1 aromatic heterocycles. The molecule has 7 nitrogen and oxygen atoms in total. The molecule has 1 heterocycles. The van der Waals surface area contributed by atoms with Crippen molar-refractivity contribution in [1.82, 2.24) is 20.1 Å². The smallest absolute Gasteiger partial charge is 0.338 e. The SMILES string of the molecule is O=C(COC(=O)c1ccc(Cn2cncn2)cc1)NCCc1ccc(F)cc1. The average Bonchev–Trinajstić information content (AvgIpc) is 3.21. The van der Waals surface area contributed by atoms with Crippen LogP contribution in [0.4, 0.5) is 4.39 Å². The Labute approximate surface area is 161 Å². The van der Waals surface area contributed by atoms with E-state index in [4.69, 9.17) is 4.74 Å². The molecule has 0 radical (unpaired) electrons. The zero-order valence-corrected chi connectivity index (χ0v) is 15.0. The molecule has 3 aromatic rings. The van der Waals surface area contributed by atoms with Gasteiger partial charge >= 0.3 is 5.97 Å². The van der Waals surface area contributed by atoms with Gasteiger partial charge in [0.05, 0.1) is 12.1 Å². The van der Waals surface area contributed by atoms with Crippen molar-refractivity contribution in [2.24, 2.45) is 0 Å². The fourth-order valence-corrected chi connectivity index (χ4v) is 2.51. The summed E-state index contributed by atoms with van der Waals surface area (Å²) in [5, 5.41) is 6.68. The molecule has 0 atom stereocenters. The number of amides is 1. The Bertz CT molecular complexity index is 910. The van der Waals surface area contributed by atoms with Crippen LogP contribution in [-0.4, -0.2) is 39.8 Å². The second-order valence-corrected chi connectivity index (χ2v) is 6.09. The number of rotatable bonds is 8. The summed E-state index contributed by atoms with van der Waals surface area (Å²) < 4.78 is 19.5. The summed E-state index contributed by atoms with van der Waals surface area (Å²) in [5.41, 5.74) is 2.23. The summed E-state index contributed by atoms with van der Waals surface area (Å²) in [4.78, 5) is 27.7. The molecular weight excluding hydrogens is 363 g/mol. The van der Waals surface area contributed by atoms with E-state index in [9.17, 15) is 14.0 Å². The van der Waals surface area contributed by atoms with Crippen molar-refractivity contribution < 1.29 is 18.7 Å². The van der Waals surface area contributed by atoms with Gasteiger partial charge in [-0.05, 0) is 41.8 Å². The van der Waals surface area contributed by atoms with Crippen LogP contribution < -0.4 is 5.32 Å². The van der Waals surface area contributed by atoms with Gasteiger partial charge in [-0.2, -0.15) is 5.10 Å². The number of hydrogen-bond acceptors (Lipinski definition) is 5. The number of carbonyl (C=O) groups is 2. The number of hydrogen-bond donors (Lipinski definition) is 1. The quantitative estimate of drug-likeness (QED) is 0.602. The lowest BCUT2D eigenvalue weighted by Gasteiger charge is -2.07. The molecular formula is C20H19FN4O3. The normalized spacial score (nSPS) is 10.5. The van der Waals surface area contributed by atoms with Crippen LogP contribution in [0.1, 0.15) is 21.5 Å². The fourth-order valence-electron chi connectivity index (χ4n) is 2.51.